The Kier molecular flexibility index (Phi) is 5.07. The Hall–Kier alpha value is -2.66. The smallest absolute Gasteiger partial charge is 0.334 e. The van der Waals surface area contributed by atoms with E-state index in [1.165, 1.54) is 23.3 Å². The van der Waals surface area contributed by atoms with Gasteiger partial charge in [-0.3, -0.25) is 9.59 Å². The van der Waals surface area contributed by atoms with E-state index in [2.05, 4.69) is 9.97 Å². The monoisotopic (exact) mass is 413 g/mol. The highest BCUT2D eigenvalue weighted by Crippen LogP contribution is 2.19. The quantitative estimate of drug-likeness (QED) is 0.692. The van der Waals surface area contributed by atoms with Gasteiger partial charge in [-0.1, -0.05) is 0 Å². The van der Waals surface area contributed by atoms with E-state index in [4.69, 9.17) is 0 Å². The van der Waals surface area contributed by atoms with Crippen molar-refractivity contribution in [2.45, 2.75) is 17.2 Å². The van der Waals surface area contributed by atoms with Gasteiger partial charge in [0, 0.05) is 12.6 Å². The number of amides is 1. The summed E-state index contributed by atoms with van der Waals surface area (Å²) in [6.45, 7) is 0.0109. The second-order valence-corrected chi connectivity index (χ2v) is 8.47. The summed E-state index contributed by atoms with van der Waals surface area (Å²) in [6.07, 6.45) is 0. The number of H-pyrrole nitrogens is 1. The Morgan fingerprint density at radius 3 is 2.56 bits per heavy atom. The third-order valence-corrected chi connectivity index (χ3v) is 6.06. The standard InChI is InChI=1S/C16H13F2N3O4S2/c1-21(8-12-19-11-6-7-26-13(11)14(22)20-12)15(23)9-2-4-10(5-3-9)27(24,25)16(17)18/h2-7,16H,8H2,1H3,(H,19,20,22). The molecule has 3 aromatic rings. The van der Waals surface area contributed by atoms with Crippen molar-refractivity contribution in [2.24, 2.45) is 0 Å². The minimum atomic E-state index is -4.72. The number of nitrogens with one attached hydrogen (secondary N) is 1. The fourth-order valence-electron chi connectivity index (χ4n) is 2.40. The molecule has 0 bridgehead atoms. The van der Waals surface area contributed by atoms with E-state index < -0.39 is 26.4 Å². The summed E-state index contributed by atoms with van der Waals surface area (Å²) >= 11 is 1.26. The average molecular weight is 413 g/mol. The van der Waals surface area contributed by atoms with Crippen LogP contribution in [0, 0.1) is 0 Å². The molecule has 1 amide bonds. The summed E-state index contributed by atoms with van der Waals surface area (Å²) in [5.41, 5.74) is 0.346. The topological polar surface area (TPSA) is 100 Å². The molecule has 0 spiro atoms. The second-order valence-electron chi connectivity index (χ2n) is 5.64. The Bertz CT molecular complexity index is 1150. The van der Waals surface area contributed by atoms with E-state index in [1.54, 1.807) is 11.4 Å². The zero-order valence-corrected chi connectivity index (χ0v) is 15.5. The summed E-state index contributed by atoms with van der Waals surface area (Å²) in [5.74, 6) is -3.72. The number of hydrogen-bond acceptors (Lipinski definition) is 6. The van der Waals surface area contributed by atoms with Crippen LogP contribution in [-0.2, 0) is 16.4 Å². The first kappa shape index (κ1) is 19.1. The van der Waals surface area contributed by atoms with Gasteiger partial charge in [-0.05, 0) is 35.7 Å². The van der Waals surface area contributed by atoms with Gasteiger partial charge in [0.2, 0.25) is 9.84 Å². The van der Waals surface area contributed by atoms with Crippen LogP contribution in [-0.4, -0.2) is 42.0 Å². The highest BCUT2D eigenvalue weighted by molar-refractivity contribution is 7.91. The van der Waals surface area contributed by atoms with Crippen LogP contribution in [0.5, 0.6) is 0 Å². The third kappa shape index (κ3) is 3.74. The number of alkyl halides is 2. The van der Waals surface area contributed by atoms with Crippen LogP contribution in [0.2, 0.25) is 0 Å². The molecule has 0 atom stereocenters. The maximum Gasteiger partial charge on any atom is 0.341 e. The molecule has 0 radical (unpaired) electrons. The first-order valence-corrected chi connectivity index (χ1v) is 9.96. The lowest BCUT2D eigenvalue weighted by atomic mass is 10.2. The maximum absolute atomic E-state index is 12.5. The van der Waals surface area contributed by atoms with Gasteiger partial charge in [-0.25, -0.2) is 13.4 Å². The van der Waals surface area contributed by atoms with E-state index in [9.17, 15) is 26.8 Å². The first-order valence-electron chi connectivity index (χ1n) is 7.54. The number of rotatable bonds is 5. The minimum Gasteiger partial charge on any atom is -0.334 e. The van der Waals surface area contributed by atoms with Crippen molar-refractivity contribution in [3.05, 3.63) is 57.5 Å². The van der Waals surface area contributed by atoms with Crippen LogP contribution >= 0.6 is 11.3 Å². The van der Waals surface area contributed by atoms with Crippen LogP contribution in [0.3, 0.4) is 0 Å². The zero-order valence-electron chi connectivity index (χ0n) is 13.8. The number of carbonyl (C=O) groups excluding carboxylic acids is 1. The molecule has 2 heterocycles. The fraction of sp³-hybridized carbons (Fsp3) is 0.188. The van der Waals surface area contributed by atoms with Gasteiger partial charge in [0.25, 0.3) is 11.5 Å². The van der Waals surface area contributed by atoms with Crippen molar-refractivity contribution in [3.8, 4) is 0 Å². The molecule has 0 aliphatic carbocycles. The van der Waals surface area contributed by atoms with Gasteiger partial charge < -0.3 is 9.88 Å². The summed E-state index contributed by atoms with van der Waals surface area (Å²) in [4.78, 5) is 32.0. The predicted molar refractivity (Wildman–Crippen MR) is 95.7 cm³/mol. The first-order chi connectivity index (χ1) is 12.7. The Morgan fingerprint density at radius 2 is 1.93 bits per heavy atom. The molecule has 0 saturated carbocycles. The molecule has 1 aromatic carbocycles. The number of sulfone groups is 1. The van der Waals surface area contributed by atoms with E-state index in [0.717, 1.165) is 24.3 Å². The average Bonchev–Trinajstić information content (AvgIpc) is 3.10. The van der Waals surface area contributed by atoms with Gasteiger partial charge in [0.15, 0.2) is 0 Å². The zero-order chi connectivity index (χ0) is 19.8. The normalized spacial score (nSPS) is 11.9. The summed E-state index contributed by atoms with van der Waals surface area (Å²) in [7, 11) is -3.24. The maximum atomic E-state index is 12.5. The number of nitrogens with zero attached hydrogens (tertiary/aromatic N) is 2. The van der Waals surface area contributed by atoms with Crippen LogP contribution in [0.4, 0.5) is 8.78 Å². The number of carbonyl (C=O) groups is 1. The minimum absolute atomic E-state index is 0.0109. The van der Waals surface area contributed by atoms with Crippen molar-refractivity contribution in [2.75, 3.05) is 7.05 Å². The van der Waals surface area contributed by atoms with E-state index >= 15 is 0 Å². The lowest BCUT2D eigenvalue weighted by molar-refractivity contribution is 0.0781. The molecule has 0 unspecified atom stereocenters. The molecule has 0 aliphatic heterocycles. The predicted octanol–water partition coefficient (Wildman–Crippen LogP) is 2.25. The van der Waals surface area contributed by atoms with Crippen LogP contribution in [0.25, 0.3) is 10.2 Å². The molecule has 1 N–H and O–H groups in total. The van der Waals surface area contributed by atoms with E-state index in [-0.39, 0.29) is 17.7 Å². The van der Waals surface area contributed by atoms with Crippen molar-refractivity contribution in [3.63, 3.8) is 0 Å². The second kappa shape index (κ2) is 7.16. The Labute approximate surface area is 156 Å². The molecular weight excluding hydrogens is 400 g/mol. The van der Waals surface area contributed by atoms with Gasteiger partial charge in [-0.2, -0.15) is 8.78 Å². The summed E-state index contributed by atoms with van der Waals surface area (Å²) < 4.78 is 48.4. The SMILES string of the molecule is CN(Cc1nc2ccsc2c(=O)[nH]1)C(=O)c1ccc(S(=O)(=O)C(F)F)cc1. The van der Waals surface area contributed by atoms with Gasteiger partial charge in [-0.15, -0.1) is 11.3 Å². The van der Waals surface area contributed by atoms with Crippen LogP contribution in [0.15, 0.2) is 45.4 Å². The van der Waals surface area contributed by atoms with Gasteiger partial charge in [0.05, 0.1) is 17.0 Å². The number of thiophene rings is 1. The number of fused-ring (bicyclic) bond motifs is 1. The molecule has 11 heteroatoms. The molecule has 3 rings (SSSR count). The number of benzene rings is 1. The molecule has 0 fully saturated rings. The summed E-state index contributed by atoms with van der Waals surface area (Å²) in [6, 6.07) is 5.93. The Balaban J connectivity index is 1.79. The molecule has 2 aromatic heterocycles. The summed E-state index contributed by atoms with van der Waals surface area (Å²) in [5, 5.41) is 1.74. The van der Waals surface area contributed by atoms with Gasteiger partial charge >= 0.3 is 5.76 Å². The van der Waals surface area contributed by atoms with Crippen LogP contribution < -0.4 is 5.56 Å². The number of aromatic nitrogens is 2. The van der Waals surface area contributed by atoms with Crippen molar-refractivity contribution >= 4 is 37.3 Å². The lowest BCUT2D eigenvalue weighted by Gasteiger charge is -2.16. The highest BCUT2D eigenvalue weighted by Gasteiger charge is 2.26. The molecule has 0 aliphatic rings. The molecule has 0 saturated heterocycles. The van der Waals surface area contributed by atoms with Crippen molar-refractivity contribution < 1.29 is 22.0 Å². The molecule has 27 heavy (non-hydrogen) atoms. The molecule has 7 nitrogen and oxygen atoms in total. The third-order valence-electron chi connectivity index (χ3n) is 3.76. The van der Waals surface area contributed by atoms with Crippen molar-refractivity contribution in [1.82, 2.24) is 14.9 Å². The van der Waals surface area contributed by atoms with Gasteiger partial charge in [0.1, 0.15) is 10.5 Å². The Morgan fingerprint density at radius 1 is 1.26 bits per heavy atom. The number of hydrogen-bond donors (Lipinski definition) is 1. The lowest BCUT2D eigenvalue weighted by Crippen LogP contribution is -2.28. The largest absolute Gasteiger partial charge is 0.341 e. The fourth-order valence-corrected chi connectivity index (χ4v) is 3.85. The number of halogens is 2. The molecular formula is C16H13F2N3O4S2. The van der Waals surface area contributed by atoms with E-state index in [1.807, 2.05) is 0 Å². The van der Waals surface area contributed by atoms with Crippen molar-refractivity contribution in [1.29, 1.82) is 0 Å². The van der Waals surface area contributed by atoms with E-state index in [0.29, 0.717) is 16.0 Å². The van der Waals surface area contributed by atoms with Crippen LogP contribution in [0.1, 0.15) is 16.2 Å². The molecule has 142 valence electrons. The highest BCUT2D eigenvalue weighted by atomic mass is 32.2. The number of aromatic amines is 1.